The van der Waals surface area contributed by atoms with Crippen LogP contribution in [0.2, 0.25) is 0 Å². The zero-order valence-corrected chi connectivity index (χ0v) is 12.9. The molecule has 0 aliphatic heterocycles. The zero-order valence-electron chi connectivity index (χ0n) is 12.9. The fourth-order valence-electron chi connectivity index (χ4n) is 2.53. The van der Waals surface area contributed by atoms with Gasteiger partial charge in [-0.2, -0.15) is 5.10 Å². The van der Waals surface area contributed by atoms with Gasteiger partial charge in [-0.3, -0.25) is 4.79 Å². The van der Waals surface area contributed by atoms with E-state index in [0.717, 1.165) is 22.2 Å². The van der Waals surface area contributed by atoms with E-state index < -0.39 is 0 Å². The van der Waals surface area contributed by atoms with E-state index in [1.54, 1.807) is 6.21 Å². The summed E-state index contributed by atoms with van der Waals surface area (Å²) < 4.78 is 14.9. The molecule has 1 amide bonds. The molecule has 0 atom stereocenters. The van der Waals surface area contributed by atoms with Gasteiger partial charge in [0.15, 0.2) is 0 Å². The van der Waals surface area contributed by atoms with E-state index in [4.69, 9.17) is 0 Å². The van der Waals surface area contributed by atoms with E-state index in [1.165, 1.54) is 24.3 Å². The molecule has 1 heterocycles. The highest BCUT2D eigenvalue weighted by Crippen LogP contribution is 2.22. The van der Waals surface area contributed by atoms with Gasteiger partial charge < -0.3 is 4.57 Å². The number of aromatic nitrogens is 1. The largest absolute Gasteiger partial charge is 0.347 e. The van der Waals surface area contributed by atoms with Crippen molar-refractivity contribution >= 4 is 23.0 Å². The van der Waals surface area contributed by atoms with Crippen molar-refractivity contribution in [3.05, 3.63) is 71.2 Å². The van der Waals surface area contributed by atoms with Crippen LogP contribution < -0.4 is 5.43 Å². The lowest BCUT2D eigenvalue weighted by Gasteiger charge is -2.00. The Morgan fingerprint density at radius 3 is 2.61 bits per heavy atom. The molecule has 1 aromatic heterocycles. The van der Waals surface area contributed by atoms with Crippen molar-refractivity contribution in [2.45, 2.75) is 6.92 Å². The van der Waals surface area contributed by atoms with Gasteiger partial charge in [-0.25, -0.2) is 9.82 Å². The summed E-state index contributed by atoms with van der Waals surface area (Å²) in [7, 11) is 1.99. The van der Waals surface area contributed by atoms with E-state index in [0.29, 0.717) is 5.56 Å². The van der Waals surface area contributed by atoms with E-state index in [1.807, 2.05) is 38.2 Å². The van der Waals surface area contributed by atoms with Crippen LogP contribution in [0.1, 0.15) is 21.6 Å². The van der Waals surface area contributed by atoms with Crippen LogP contribution in [0.15, 0.2) is 53.6 Å². The number of para-hydroxylation sites is 1. The molecule has 116 valence electrons. The highest BCUT2D eigenvalue weighted by molar-refractivity contribution is 6.02. The van der Waals surface area contributed by atoms with Gasteiger partial charge in [0, 0.05) is 34.8 Å². The third-order valence-electron chi connectivity index (χ3n) is 3.91. The van der Waals surface area contributed by atoms with Crippen LogP contribution in [0.25, 0.3) is 10.9 Å². The Labute approximate surface area is 133 Å². The fourth-order valence-corrected chi connectivity index (χ4v) is 2.53. The maximum absolute atomic E-state index is 12.9. The van der Waals surface area contributed by atoms with Crippen molar-refractivity contribution in [1.82, 2.24) is 9.99 Å². The molecule has 5 heteroatoms. The molecule has 3 rings (SSSR count). The van der Waals surface area contributed by atoms with Crippen LogP contribution in [0, 0.1) is 12.7 Å². The fraction of sp³-hybridized carbons (Fsp3) is 0.111. The second-order valence-corrected chi connectivity index (χ2v) is 5.28. The van der Waals surface area contributed by atoms with E-state index in [-0.39, 0.29) is 11.7 Å². The second-order valence-electron chi connectivity index (χ2n) is 5.28. The molecule has 0 aliphatic rings. The van der Waals surface area contributed by atoms with Crippen LogP contribution in [0.3, 0.4) is 0 Å². The molecule has 2 aromatic carbocycles. The number of hydrogen-bond donors (Lipinski definition) is 1. The summed E-state index contributed by atoms with van der Waals surface area (Å²) in [6, 6.07) is 13.3. The van der Waals surface area contributed by atoms with Crippen LogP contribution >= 0.6 is 0 Å². The number of fused-ring (bicyclic) bond motifs is 1. The summed E-state index contributed by atoms with van der Waals surface area (Å²) in [5.74, 6) is -0.754. The normalized spacial score (nSPS) is 11.3. The van der Waals surface area contributed by atoms with E-state index in [2.05, 4.69) is 15.1 Å². The molecular weight excluding hydrogens is 293 g/mol. The molecule has 0 saturated carbocycles. The summed E-state index contributed by atoms with van der Waals surface area (Å²) in [5, 5.41) is 5.11. The lowest BCUT2D eigenvalue weighted by molar-refractivity contribution is 0.0955. The van der Waals surface area contributed by atoms with Gasteiger partial charge in [0.25, 0.3) is 5.91 Å². The minimum atomic E-state index is -0.378. The van der Waals surface area contributed by atoms with Gasteiger partial charge in [-0.15, -0.1) is 0 Å². The molecule has 4 nitrogen and oxygen atoms in total. The summed E-state index contributed by atoms with van der Waals surface area (Å²) >= 11 is 0. The first-order chi connectivity index (χ1) is 11.1. The van der Waals surface area contributed by atoms with Crippen LogP contribution in [0.4, 0.5) is 4.39 Å². The van der Waals surface area contributed by atoms with Crippen LogP contribution in [0.5, 0.6) is 0 Å². The second kappa shape index (κ2) is 6.04. The maximum Gasteiger partial charge on any atom is 0.271 e. The molecule has 3 aromatic rings. The Balaban J connectivity index is 1.82. The lowest BCUT2D eigenvalue weighted by atomic mass is 10.1. The predicted octanol–water partition coefficient (Wildman–Crippen LogP) is 3.39. The molecule has 0 unspecified atom stereocenters. The predicted molar refractivity (Wildman–Crippen MR) is 89.1 cm³/mol. The molecule has 0 bridgehead atoms. The Kier molecular flexibility index (Phi) is 3.93. The number of halogens is 1. The maximum atomic E-state index is 12.9. The van der Waals surface area contributed by atoms with E-state index in [9.17, 15) is 9.18 Å². The number of nitrogens with zero attached hydrogens (tertiary/aromatic N) is 2. The molecule has 0 saturated heterocycles. The molecule has 0 aliphatic carbocycles. The quantitative estimate of drug-likeness (QED) is 0.585. The summed E-state index contributed by atoms with van der Waals surface area (Å²) in [6.45, 7) is 2.00. The minimum absolute atomic E-state index is 0.359. The Morgan fingerprint density at radius 1 is 1.17 bits per heavy atom. The van der Waals surface area contributed by atoms with Gasteiger partial charge in [0.2, 0.25) is 0 Å². The van der Waals surface area contributed by atoms with Crippen LogP contribution in [-0.2, 0) is 7.05 Å². The molecule has 0 fully saturated rings. The number of rotatable bonds is 3. The first kappa shape index (κ1) is 15.0. The van der Waals surface area contributed by atoms with Crippen molar-refractivity contribution in [3.63, 3.8) is 0 Å². The molecule has 23 heavy (non-hydrogen) atoms. The first-order valence-corrected chi connectivity index (χ1v) is 7.21. The average molecular weight is 309 g/mol. The standard InChI is InChI=1S/C18H16FN3O/c1-12-16(15-5-3-4-6-17(15)22(12)2)11-20-21-18(23)13-7-9-14(19)10-8-13/h3-11H,1-2H3,(H,21,23)/b20-11-. The zero-order chi connectivity index (χ0) is 16.4. The number of hydrogen-bond acceptors (Lipinski definition) is 2. The van der Waals surface area contributed by atoms with Gasteiger partial charge in [0.05, 0.1) is 6.21 Å². The average Bonchev–Trinajstić information content (AvgIpc) is 2.81. The number of amides is 1. The highest BCUT2D eigenvalue weighted by Gasteiger charge is 2.09. The van der Waals surface area contributed by atoms with Crippen molar-refractivity contribution in [1.29, 1.82) is 0 Å². The number of benzene rings is 2. The number of aryl methyl sites for hydroxylation is 1. The molecule has 0 radical (unpaired) electrons. The van der Waals surface area contributed by atoms with Crippen molar-refractivity contribution in [2.24, 2.45) is 12.1 Å². The monoisotopic (exact) mass is 309 g/mol. The lowest BCUT2D eigenvalue weighted by Crippen LogP contribution is -2.17. The smallest absolute Gasteiger partial charge is 0.271 e. The van der Waals surface area contributed by atoms with Gasteiger partial charge in [0.1, 0.15) is 5.82 Å². The van der Waals surface area contributed by atoms with Crippen molar-refractivity contribution in [2.75, 3.05) is 0 Å². The summed E-state index contributed by atoms with van der Waals surface area (Å²) in [6.07, 6.45) is 1.64. The number of nitrogens with one attached hydrogen (secondary N) is 1. The number of carbonyl (C=O) groups is 1. The Bertz CT molecular complexity index is 895. The summed E-state index contributed by atoms with van der Waals surface area (Å²) in [5.41, 5.74) is 5.96. The Hall–Kier alpha value is -2.95. The number of carbonyl (C=O) groups excluding carboxylic acids is 1. The third-order valence-corrected chi connectivity index (χ3v) is 3.91. The first-order valence-electron chi connectivity index (χ1n) is 7.21. The van der Waals surface area contributed by atoms with Gasteiger partial charge in [-0.1, -0.05) is 18.2 Å². The minimum Gasteiger partial charge on any atom is -0.347 e. The van der Waals surface area contributed by atoms with Gasteiger partial charge >= 0.3 is 0 Å². The molecule has 1 N–H and O–H groups in total. The van der Waals surface area contributed by atoms with Crippen molar-refractivity contribution in [3.8, 4) is 0 Å². The highest BCUT2D eigenvalue weighted by atomic mass is 19.1. The topological polar surface area (TPSA) is 46.4 Å². The van der Waals surface area contributed by atoms with Gasteiger partial charge in [-0.05, 0) is 37.3 Å². The Morgan fingerprint density at radius 2 is 1.87 bits per heavy atom. The third kappa shape index (κ3) is 2.85. The molecular formula is C18H16FN3O. The molecule has 0 spiro atoms. The number of hydrazone groups is 1. The SMILES string of the molecule is Cc1c(/C=N\NC(=O)c2ccc(F)cc2)c2ccccc2n1C. The summed E-state index contributed by atoms with van der Waals surface area (Å²) in [4.78, 5) is 11.9. The van der Waals surface area contributed by atoms with Crippen LogP contribution in [-0.4, -0.2) is 16.7 Å². The van der Waals surface area contributed by atoms with E-state index >= 15 is 0 Å². The van der Waals surface area contributed by atoms with Crippen molar-refractivity contribution < 1.29 is 9.18 Å².